The van der Waals surface area contributed by atoms with Crippen LogP contribution in [-0.2, 0) is 11.0 Å². The van der Waals surface area contributed by atoms with Crippen LogP contribution in [0.25, 0.3) is 0 Å². The number of allylic oxidation sites excluding steroid dienone is 7. The molecule has 0 aliphatic carbocycles. The van der Waals surface area contributed by atoms with Crippen molar-refractivity contribution in [2.24, 2.45) is 15.8 Å². The van der Waals surface area contributed by atoms with Crippen molar-refractivity contribution in [1.29, 1.82) is 0 Å². The largest absolute Gasteiger partial charge is 0.493 e. The van der Waals surface area contributed by atoms with Gasteiger partial charge in [-0.3, -0.25) is 0 Å². The predicted molar refractivity (Wildman–Crippen MR) is 136 cm³/mol. The Balaban J connectivity index is 2.32. The summed E-state index contributed by atoms with van der Waals surface area (Å²) < 4.78 is 26.2. The lowest BCUT2D eigenvalue weighted by Gasteiger charge is -2.11. The predicted octanol–water partition coefficient (Wildman–Crippen LogP) is 3.68. The highest BCUT2D eigenvalue weighted by Gasteiger charge is 2.15. The van der Waals surface area contributed by atoms with E-state index in [1.807, 2.05) is 6.92 Å². The number of rotatable bonds is 10. The van der Waals surface area contributed by atoms with Crippen LogP contribution in [0.15, 0.2) is 92.1 Å². The number of halogens is 1. The normalized spacial score (nSPS) is 17.4. The van der Waals surface area contributed by atoms with Gasteiger partial charge in [0.1, 0.15) is 16.7 Å². The Bertz CT molecular complexity index is 1100. The van der Waals surface area contributed by atoms with E-state index in [9.17, 15) is 4.21 Å². The van der Waals surface area contributed by atoms with Crippen LogP contribution in [0.3, 0.4) is 0 Å². The highest BCUT2D eigenvalue weighted by Crippen LogP contribution is 2.29. The van der Waals surface area contributed by atoms with E-state index < -0.39 is 11.0 Å². The molecular weight excluding hydrogens is 462 g/mol. The zero-order chi connectivity index (χ0) is 24.4. The topological polar surface area (TPSA) is 110 Å². The summed E-state index contributed by atoms with van der Waals surface area (Å²) in [5.74, 6) is 1.38. The number of amidine groups is 1. The van der Waals surface area contributed by atoms with Crippen LogP contribution in [-0.4, -0.2) is 36.5 Å². The van der Waals surface area contributed by atoms with Gasteiger partial charge in [-0.25, -0.2) is 9.20 Å². The van der Waals surface area contributed by atoms with Gasteiger partial charge in [0.2, 0.25) is 0 Å². The van der Waals surface area contributed by atoms with Crippen LogP contribution in [0.2, 0.25) is 0 Å². The fourth-order valence-corrected chi connectivity index (χ4v) is 3.76. The van der Waals surface area contributed by atoms with Crippen LogP contribution < -0.4 is 25.4 Å². The molecule has 0 fully saturated rings. The Labute approximate surface area is 201 Å². The standard InChI is InChI=1S/C23H28ClN5O3S/c1-6-8-19(27-20-14-26-28-23(20)25)17(18(24)7-2)11-9-15(3)29-33(30)16-10-12-21(31-4)22(13-16)32-5/h6-13,26,29H,1,14H2,2-5H3,(H2,25,28)/b15-9+,17-11+,18-7+,19-8-,27-20?. The molecule has 8 nitrogen and oxygen atoms in total. The monoisotopic (exact) mass is 489 g/mol. The number of methoxy groups -OCH3 is 2. The van der Waals surface area contributed by atoms with E-state index in [-0.39, 0.29) is 0 Å². The van der Waals surface area contributed by atoms with Crippen molar-refractivity contribution >= 4 is 34.1 Å². The van der Waals surface area contributed by atoms with Gasteiger partial charge < -0.3 is 25.4 Å². The minimum absolute atomic E-state index is 0.319. The Morgan fingerprint density at radius 2 is 2.03 bits per heavy atom. The molecule has 1 heterocycles. The lowest BCUT2D eigenvalue weighted by Crippen LogP contribution is -2.22. The average molecular weight is 490 g/mol. The van der Waals surface area contributed by atoms with Crippen molar-refractivity contribution in [2.45, 2.75) is 18.7 Å². The minimum atomic E-state index is -1.51. The van der Waals surface area contributed by atoms with Gasteiger partial charge in [0.25, 0.3) is 0 Å². The van der Waals surface area contributed by atoms with Crippen molar-refractivity contribution in [3.05, 3.63) is 77.2 Å². The number of hydrogen-bond acceptors (Lipinski definition) is 7. The number of nitrogens with zero attached hydrogens (tertiary/aromatic N) is 2. The van der Waals surface area contributed by atoms with Gasteiger partial charge in [-0.05, 0) is 44.2 Å². The fourth-order valence-electron chi connectivity index (χ4n) is 2.72. The molecule has 1 aromatic rings. The maximum absolute atomic E-state index is 12.8. The summed E-state index contributed by atoms with van der Waals surface area (Å²) in [6.45, 7) is 7.79. The molecule has 176 valence electrons. The lowest BCUT2D eigenvalue weighted by molar-refractivity contribution is 0.354. The second kappa shape index (κ2) is 12.7. The van der Waals surface area contributed by atoms with Gasteiger partial charge in [0.15, 0.2) is 17.3 Å². The second-order valence-corrected chi connectivity index (χ2v) is 8.25. The number of hydrazone groups is 1. The van der Waals surface area contributed by atoms with E-state index >= 15 is 0 Å². The summed E-state index contributed by atoms with van der Waals surface area (Å²) in [6.07, 6.45) is 8.65. The van der Waals surface area contributed by atoms with E-state index in [0.717, 1.165) is 0 Å². The van der Waals surface area contributed by atoms with E-state index in [4.69, 9.17) is 26.8 Å². The number of aliphatic imine (C=N–C) groups is 1. The first-order valence-corrected chi connectivity index (χ1v) is 11.5. The summed E-state index contributed by atoms with van der Waals surface area (Å²) in [7, 11) is 1.56. The number of hydrogen-bond donors (Lipinski definition) is 3. The summed E-state index contributed by atoms with van der Waals surface area (Å²) >= 11 is 6.47. The molecule has 0 saturated heterocycles. The lowest BCUT2D eigenvalue weighted by atomic mass is 10.1. The smallest absolute Gasteiger partial charge is 0.166 e. The van der Waals surface area contributed by atoms with Crippen molar-refractivity contribution in [3.8, 4) is 11.5 Å². The highest BCUT2D eigenvalue weighted by atomic mass is 35.5. The Kier molecular flexibility index (Phi) is 9.96. The highest BCUT2D eigenvalue weighted by molar-refractivity contribution is 7.83. The molecular formula is C23H28ClN5O3S. The van der Waals surface area contributed by atoms with Gasteiger partial charge in [0, 0.05) is 22.4 Å². The van der Waals surface area contributed by atoms with Crippen LogP contribution in [0.1, 0.15) is 13.8 Å². The molecule has 1 atom stereocenters. The maximum Gasteiger partial charge on any atom is 0.166 e. The van der Waals surface area contributed by atoms with Gasteiger partial charge in [-0.15, -0.1) is 0 Å². The number of nitrogens with two attached hydrogens (primary N) is 1. The van der Waals surface area contributed by atoms with Crippen molar-refractivity contribution in [1.82, 2.24) is 10.1 Å². The summed E-state index contributed by atoms with van der Waals surface area (Å²) in [5.41, 5.74) is 11.1. The molecule has 1 unspecified atom stereocenters. The summed E-state index contributed by atoms with van der Waals surface area (Å²) in [4.78, 5) is 5.14. The molecule has 0 radical (unpaired) electrons. The molecule has 1 aromatic carbocycles. The molecule has 0 bridgehead atoms. The van der Waals surface area contributed by atoms with Crippen molar-refractivity contribution in [2.75, 3.05) is 20.8 Å². The molecule has 0 amide bonds. The molecule has 2 rings (SSSR count). The van der Waals surface area contributed by atoms with Gasteiger partial charge in [0.05, 0.1) is 31.4 Å². The SMILES string of the molecule is C=C/C=C(N=C1CNN=C1N)/C(=C/C=C(\C)NS(=O)c1ccc(OC)c(OC)c1)C(/Cl)=C\C. The third-order valence-electron chi connectivity index (χ3n) is 4.38. The summed E-state index contributed by atoms with van der Waals surface area (Å²) in [6, 6.07) is 5.07. The van der Waals surface area contributed by atoms with E-state index in [0.29, 0.717) is 56.5 Å². The number of benzene rings is 1. The third-order valence-corrected chi connectivity index (χ3v) is 5.99. The zero-order valence-corrected chi connectivity index (χ0v) is 20.6. The average Bonchev–Trinajstić information content (AvgIpc) is 3.22. The number of nitrogens with one attached hydrogen (secondary N) is 2. The van der Waals surface area contributed by atoms with Gasteiger partial charge >= 0.3 is 0 Å². The van der Waals surface area contributed by atoms with E-state index in [2.05, 4.69) is 26.8 Å². The van der Waals surface area contributed by atoms with Crippen LogP contribution >= 0.6 is 11.6 Å². The van der Waals surface area contributed by atoms with E-state index in [1.165, 1.54) is 7.11 Å². The Morgan fingerprint density at radius 3 is 2.61 bits per heavy atom. The molecule has 1 aliphatic heterocycles. The van der Waals surface area contributed by atoms with Gasteiger partial charge in [-0.2, -0.15) is 5.10 Å². The first-order chi connectivity index (χ1) is 15.8. The zero-order valence-electron chi connectivity index (χ0n) is 19.0. The number of ether oxygens (including phenoxy) is 2. The molecule has 4 N–H and O–H groups in total. The van der Waals surface area contributed by atoms with Gasteiger partial charge in [-0.1, -0.05) is 30.3 Å². The first-order valence-electron chi connectivity index (χ1n) is 9.92. The fraction of sp³-hybridized carbons (Fsp3) is 0.217. The second-order valence-electron chi connectivity index (χ2n) is 6.63. The molecule has 0 saturated carbocycles. The first kappa shape index (κ1) is 26.0. The van der Waals surface area contributed by atoms with Crippen molar-refractivity contribution < 1.29 is 13.7 Å². The molecule has 33 heavy (non-hydrogen) atoms. The Hall–Kier alpha value is -3.30. The third kappa shape index (κ3) is 7.10. The molecule has 10 heteroatoms. The van der Waals surface area contributed by atoms with Crippen LogP contribution in [0.4, 0.5) is 0 Å². The molecule has 0 aromatic heterocycles. The van der Waals surface area contributed by atoms with Crippen LogP contribution in [0.5, 0.6) is 11.5 Å². The minimum Gasteiger partial charge on any atom is -0.493 e. The molecule has 1 aliphatic rings. The van der Waals surface area contributed by atoms with Crippen LogP contribution in [0, 0.1) is 0 Å². The van der Waals surface area contributed by atoms with Crippen molar-refractivity contribution in [3.63, 3.8) is 0 Å². The maximum atomic E-state index is 12.8. The quantitative estimate of drug-likeness (QED) is 0.434. The molecule has 0 spiro atoms. The Morgan fingerprint density at radius 1 is 1.30 bits per heavy atom. The summed E-state index contributed by atoms with van der Waals surface area (Å²) in [5, 5.41) is 4.42. The van der Waals surface area contributed by atoms with E-state index in [1.54, 1.807) is 62.6 Å².